The van der Waals surface area contributed by atoms with Crippen LogP contribution in [0.1, 0.15) is 42.3 Å². The minimum atomic E-state index is -0.195. The van der Waals surface area contributed by atoms with Crippen molar-refractivity contribution >= 4 is 22.6 Å². The number of ether oxygens (including phenoxy) is 1. The van der Waals surface area contributed by atoms with E-state index in [9.17, 15) is 4.79 Å². The average Bonchev–Trinajstić information content (AvgIpc) is 3.16. The summed E-state index contributed by atoms with van der Waals surface area (Å²) in [6.07, 6.45) is 1.03. The van der Waals surface area contributed by atoms with E-state index < -0.39 is 0 Å². The van der Waals surface area contributed by atoms with Gasteiger partial charge in [0.2, 0.25) is 0 Å². The minimum Gasteiger partial charge on any atom is -0.491 e. The summed E-state index contributed by atoms with van der Waals surface area (Å²) in [6, 6.07) is 19.2. The van der Waals surface area contributed by atoms with Crippen molar-refractivity contribution in [3.05, 3.63) is 77.4 Å². The third-order valence-electron chi connectivity index (χ3n) is 5.02. The summed E-state index contributed by atoms with van der Waals surface area (Å²) in [5.74, 6) is 0.478. The van der Waals surface area contributed by atoms with Crippen molar-refractivity contribution in [1.29, 1.82) is 0 Å². The van der Waals surface area contributed by atoms with Crippen molar-refractivity contribution in [1.82, 2.24) is 15.0 Å². The monoisotopic (exact) mass is 414 g/mol. The van der Waals surface area contributed by atoms with E-state index in [1.54, 1.807) is 16.9 Å². The highest BCUT2D eigenvalue weighted by atomic mass is 16.5. The summed E-state index contributed by atoms with van der Waals surface area (Å²) in [6.45, 7) is 7.98. The zero-order chi connectivity index (χ0) is 22.0. The summed E-state index contributed by atoms with van der Waals surface area (Å²) in [7, 11) is 0. The van der Waals surface area contributed by atoms with Gasteiger partial charge in [-0.25, -0.2) is 0 Å². The number of hydrogen-bond acceptors (Lipinski definition) is 4. The van der Waals surface area contributed by atoms with Gasteiger partial charge in [-0.2, -0.15) is 4.80 Å². The molecule has 31 heavy (non-hydrogen) atoms. The van der Waals surface area contributed by atoms with Gasteiger partial charge in [-0.1, -0.05) is 25.1 Å². The quantitative estimate of drug-likeness (QED) is 0.463. The Morgan fingerprint density at radius 1 is 1.03 bits per heavy atom. The minimum absolute atomic E-state index is 0.0451. The van der Waals surface area contributed by atoms with Gasteiger partial charge in [0, 0.05) is 11.3 Å². The third kappa shape index (κ3) is 4.58. The number of aryl methyl sites for hydroxylation is 2. The predicted molar refractivity (Wildman–Crippen MR) is 123 cm³/mol. The van der Waals surface area contributed by atoms with Crippen LogP contribution in [0.2, 0.25) is 0 Å². The van der Waals surface area contributed by atoms with Crippen LogP contribution in [0.3, 0.4) is 0 Å². The smallest absolute Gasteiger partial charge is 0.255 e. The summed E-state index contributed by atoms with van der Waals surface area (Å²) in [5, 5.41) is 12.2. The molecule has 1 N–H and O–H groups in total. The molecule has 0 spiro atoms. The van der Waals surface area contributed by atoms with Crippen LogP contribution in [0.15, 0.2) is 60.7 Å². The van der Waals surface area contributed by atoms with Crippen LogP contribution >= 0.6 is 0 Å². The lowest BCUT2D eigenvalue weighted by atomic mass is 10.1. The van der Waals surface area contributed by atoms with E-state index in [0.29, 0.717) is 17.0 Å². The Hall–Kier alpha value is -3.67. The van der Waals surface area contributed by atoms with Crippen molar-refractivity contribution in [2.45, 2.75) is 40.2 Å². The van der Waals surface area contributed by atoms with Crippen LogP contribution in [0, 0.1) is 6.92 Å². The molecule has 0 radical (unpaired) electrons. The van der Waals surface area contributed by atoms with Crippen molar-refractivity contribution in [3.8, 4) is 11.4 Å². The number of rotatable bonds is 6. The van der Waals surface area contributed by atoms with E-state index in [1.165, 1.54) is 5.56 Å². The highest BCUT2D eigenvalue weighted by molar-refractivity contribution is 6.05. The Morgan fingerprint density at radius 3 is 2.42 bits per heavy atom. The zero-order valence-electron chi connectivity index (χ0n) is 18.2. The number of nitrogens with one attached hydrogen (secondary N) is 1. The molecule has 1 heterocycles. The lowest BCUT2D eigenvalue weighted by Gasteiger charge is -2.12. The van der Waals surface area contributed by atoms with Gasteiger partial charge in [0.1, 0.15) is 16.8 Å². The maximum atomic E-state index is 12.8. The summed E-state index contributed by atoms with van der Waals surface area (Å²) in [5.41, 5.74) is 5.84. The summed E-state index contributed by atoms with van der Waals surface area (Å²) < 4.78 is 5.69. The first-order valence-electron chi connectivity index (χ1n) is 10.5. The Kier molecular flexibility index (Phi) is 5.71. The Morgan fingerprint density at radius 2 is 1.74 bits per heavy atom. The highest BCUT2D eigenvalue weighted by Gasteiger charge is 2.13. The second kappa shape index (κ2) is 8.60. The summed E-state index contributed by atoms with van der Waals surface area (Å²) in [4.78, 5) is 14.4. The summed E-state index contributed by atoms with van der Waals surface area (Å²) >= 11 is 0. The first kappa shape index (κ1) is 20.6. The lowest BCUT2D eigenvalue weighted by molar-refractivity contribution is 0.102. The molecule has 158 valence electrons. The fourth-order valence-electron chi connectivity index (χ4n) is 3.36. The number of aromatic nitrogens is 3. The topological polar surface area (TPSA) is 69.0 Å². The van der Waals surface area contributed by atoms with Gasteiger partial charge in [0.05, 0.1) is 11.8 Å². The lowest BCUT2D eigenvalue weighted by Crippen LogP contribution is -2.13. The maximum absolute atomic E-state index is 12.8. The molecule has 6 heteroatoms. The molecule has 0 fully saturated rings. The molecule has 4 rings (SSSR count). The molecule has 0 aliphatic rings. The normalized spacial score (nSPS) is 11.1. The third-order valence-corrected chi connectivity index (χ3v) is 5.02. The van der Waals surface area contributed by atoms with Crippen molar-refractivity contribution in [3.63, 3.8) is 0 Å². The Labute approximate surface area is 181 Å². The predicted octanol–water partition coefficient (Wildman–Crippen LogP) is 5.33. The molecule has 1 aromatic heterocycles. The van der Waals surface area contributed by atoms with Gasteiger partial charge in [-0.3, -0.25) is 4.79 Å². The van der Waals surface area contributed by atoms with E-state index in [0.717, 1.165) is 28.7 Å². The van der Waals surface area contributed by atoms with Crippen molar-refractivity contribution in [2.75, 3.05) is 5.32 Å². The van der Waals surface area contributed by atoms with E-state index in [1.807, 2.05) is 57.2 Å². The van der Waals surface area contributed by atoms with Gasteiger partial charge in [0.25, 0.3) is 5.91 Å². The first-order valence-corrected chi connectivity index (χ1v) is 10.5. The van der Waals surface area contributed by atoms with E-state index in [2.05, 4.69) is 34.6 Å². The number of hydrogen-bond donors (Lipinski definition) is 1. The number of benzene rings is 3. The molecule has 0 aliphatic carbocycles. The fourth-order valence-corrected chi connectivity index (χ4v) is 3.36. The van der Waals surface area contributed by atoms with Crippen LogP contribution in [0.5, 0.6) is 5.75 Å². The number of anilines is 1. The molecule has 0 aliphatic heterocycles. The standard InChI is InChI=1S/C25H26N4O2/c1-5-18-9-11-20(12-10-18)29-27-23-13-17(4)22(15-24(23)28-29)26-25(30)19-7-6-8-21(14-19)31-16(2)3/h6-16H,5H2,1-4H3,(H,26,30). The molecule has 4 aromatic rings. The van der Waals surface area contributed by atoms with Gasteiger partial charge < -0.3 is 10.1 Å². The first-order chi connectivity index (χ1) is 14.9. The van der Waals surface area contributed by atoms with Crippen LogP contribution in [0.25, 0.3) is 16.7 Å². The maximum Gasteiger partial charge on any atom is 0.255 e. The van der Waals surface area contributed by atoms with Crippen LogP contribution in [-0.4, -0.2) is 27.0 Å². The molecule has 1 amide bonds. The second-order valence-electron chi connectivity index (χ2n) is 7.81. The number of amides is 1. The molecule has 0 unspecified atom stereocenters. The molecular formula is C25H26N4O2. The van der Waals surface area contributed by atoms with Gasteiger partial charge in [-0.05, 0) is 80.8 Å². The molecular weight excluding hydrogens is 388 g/mol. The molecule has 0 atom stereocenters. The van der Waals surface area contributed by atoms with Gasteiger partial charge in [-0.15, -0.1) is 10.2 Å². The van der Waals surface area contributed by atoms with Gasteiger partial charge in [0.15, 0.2) is 0 Å². The van der Waals surface area contributed by atoms with Crippen molar-refractivity contribution < 1.29 is 9.53 Å². The van der Waals surface area contributed by atoms with E-state index >= 15 is 0 Å². The van der Waals surface area contributed by atoms with Crippen LogP contribution in [-0.2, 0) is 6.42 Å². The van der Waals surface area contributed by atoms with Crippen LogP contribution < -0.4 is 10.1 Å². The van der Waals surface area contributed by atoms with Crippen molar-refractivity contribution in [2.24, 2.45) is 0 Å². The molecule has 0 bridgehead atoms. The van der Waals surface area contributed by atoms with Gasteiger partial charge >= 0.3 is 0 Å². The molecule has 3 aromatic carbocycles. The SMILES string of the molecule is CCc1ccc(-n2nc3cc(C)c(NC(=O)c4cccc(OC(C)C)c4)cc3n2)cc1. The van der Waals surface area contributed by atoms with Crippen LogP contribution in [0.4, 0.5) is 5.69 Å². The molecule has 0 saturated heterocycles. The molecule has 6 nitrogen and oxygen atoms in total. The largest absolute Gasteiger partial charge is 0.491 e. The molecule has 0 saturated carbocycles. The average molecular weight is 415 g/mol. The Balaban J connectivity index is 1.59. The highest BCUT2D eigenvalue weighted by Crippen LogP contribution is 2.24. The fraction of sp³-hybridized carbons (Fsp3) is 0.240. The number of fused-ring (bicyclic) bond motifs is 1. The zero-order valence-corrected chi connectivity index (χ0v) is 18.2. The number of nitrogens with zero attached hydrogens (tertiary/aromatic N) is 3. The number of carbonyl (C=O) groups is 1. The number of carbonyl (C=O) groups excluding carboxylic acids is 1. The van der Waals surface area contributed by atoms with E-state index in [4.69, 9.17) is 4.74 Å². The Bertz CT molecular complexity index is 1230. The van der Waals surface area contributed by atoms with E-state index in [-0.39, 0.29) is 12.0 Å². The second-order valence-corrected chi connectivity index (χ2v) is 7.81.